The molecule has 6 heteroatoms. The van der Waals surface area contributed by atoms with Gasteiger partial charge in [0.15, 0.2) is 5.96 Å². The van der Waals surface area contributed by atoms with E-state index < -0.39 is 5.41 Å². The molecule has 2 heterocycles. The van der Waals surface area contributed by atoms with Crippen LogP contribution in [0.3, 0.4) is 0 Å². The summed E-state index contributed by atoms with van der Waals surface area (Å²) in [6.07, 6.45) is 6.58. The molecule has 31 heavy (non-hydrogen) atoms. The van der Waals surface area contributed by atoms with Gasteiger partial charge in [-0.3, -0.25) is 10.2 Å². The fraction of sp³-hybridized carbons (Fsp3) is 0.680. The molecule has 0 radical (unpaired) electrons. The maximum Gasteiger partial charge on any atom is 0.233 e. The van der Waals surface area contributed by atoms with Crippen molar-refractivity contribution < 1.29 is 4.79 Å². The van der Waals surface area contributed by atoms with E-state index in [2.05, 4.69) is 53.6 Å². The van der Waals surface area contributed by atoms with E-state index in [9.17, 15) is 4.79 Å². The summed E-state index contributed by atoms with van der Waals surface area (Å²) in [6.45, 7) is 7.55. The Kier molecular flexibility index (Phi) is 6.56. The summed E-state index contributed by atoms with van der Waals surface area (Å²) in [6, 6.07) is 8.87. The van der Waals surface area contributed by atoms with Gasteiger partial charge in [0.25, 0.3) is 0 Å². The second-order valence-electron chi connectivity index (χ2n) is 10.1. The lowest BCUT2D eigenvalue weighted by molar-refractivity contribution is -0.145. The average Bonchev–Trinajstić information content (AvgIpc) is 2.78. The first-order valence-corrected chi connectivity index (χ1v) is 12.1. The first kappa shape index (κ1) is 22.1. The Labute approximate surface area is 186 Å². The third-order valence-electron chi connectivity index (χ3n) is 8.13. The highest BCUT2D eigenvalue weighted by Gasteiger charge is 2.52. The van der Waals surface area contributed by atoms with Gasteiger partial charge in [0.1, 0.15) is 0 Å². The summed E-state index contributed by atoms with van der Waals surface area (Å²) in [5.41, 5.74) is 7.76. The number of carbonyl (C=O) groups excluding carboxylic acids is 1. The first-order chi connectivity index (χ1) is 14.9. The highest BCUT2D eigenvalue weighted by atomic mass is 16.2. The largest absolute Gasteiger partial charge is 0.370 e. The van der Waals surface area contributed by atoms with Gasteiger partial charge in [-0.25, -0.2) is 0 Å². The normalized spacial score (nSPS) is 27.9. The van der Waals surface area contributed by atoms with E-state index in [-0.39, 0.29) is 17.9 Å². The van der Waals surface area contributed by atoms with Gasteiger partial charge in [-0.2, -0.15) is 0 Å². The molecular weight excluding hydrogens is 386 g/mol. The highest BCUT2D eigenvalue weighted by Crippen LogP contribution is 2.51. The van der Waals surface area contributed by atoms with E-state index in [0.29, 0.717) is 19.0 Å². The zero-order chi connectivity index (χ0) is 22.0. The molecule has 1 aromatic carbocycles. The number of fused-ring (bicyclic) bond motifs is 2. The molecule has 1 atom stereocenters. The van der Waals surface area contributed by atoms with Gasteiger partial charge in [0.2, 0.25) is 5.91 Å². The van der Waals surface area contributed by atoms with Crippen molar-refractivity contribution >= 4 is 11.9 Å². The smallest absolute Gasteiger partial charge is 0.233 e. The van der Waals surface area contributed by atoms with E-state index >= 15 is 0 Å². The van der Waals surface area contributed by atoms with Gasteiger partial charge in [-0.05, 0) is 80.5 Å². The van der Waals surface area contributed by atoms with Crippen LogP contribution in [-0.2, 0) is 10.2 Å². The number of hydrogen-bond donors (Lipinski definition) is 4. The lowest BCUT2D eigenvalue weighted by Gasteiger charge is -2.52. The third kappa shape index (κ3) is 4.19. The number of carbonyl (C=O) groups is 1. The SMILES string of the molecule is CC(C)[C@H]1CC[C@@H](C2c3ccccc3C3(CCNCC3)C(=O)N2CCNC(=N)N)CC1. The lowest BCUT2D eigenvalue weighted by atomic mass is 9.64. The molecule has 170 valence electrons. The van der Waals surface area contributed by atoms with Crippen molar-refractivity contribution in [3.63, 3.8) is 0 Å². The summed E-state index contributed by atoms with van der Waals surface area (Å²) >= 11 is 0. The molecule has 1 spiro atoms. The van der Waals surface area contributed by atoms with Crippen molar-refractivity contribution in [3.05, 3.63) is 35.4 Å². The van der Waals surface area contributed by atoms with Gasteiger partial charge >= 0.3 is 0 Å². The van der Waals surface area contributed by atoms with Crippen LogP contribution < -0.4 is 16.4 Å². The zero-order valence-corrected chi connectivity index (χ0v) is 19.1. The Balaban J connectivity index is 1.69. The highest BCUT2D eigenvalue weighted by molar-refractivity contribution is 5.91. The Morgan fingerprint density at radius 1 is 1.23 bits per heavy atom. The number of rotatable bonds is 5. The number of amides is 1. The molecule has 1 saturated heterocycles. The first-order valence-electron chi connectivity index (χ1n) is 12.1. The fourth-order valence-electron chi connectivity index (χ4n) is 6.40. The van der Waals surface area contributed by atoms with Gasteiger partial charge in [-0.1, -0.05) is 38.1 Å². The van der Waals surface area contributed by atoms with Crippen LogP contribution in [0.2, 0.25) is 0 Å². The van der Waals surface area contributed by atoms with E-state index in [1.54, 1.807) is 0 Å². The van der Waals surface area contributed by atoms with Crippen molar-refractivity contribution in [1.82, 2.24) is 15.5 Å². The van der Waals surface area contributed by atoms with Gasteiger partial charge in [0, 0.05) is 13.1 Å². The molecule has 6 nitrogen and oxygen atoms in total. The van der Waals surface area contributed by atoms with Crippen LogP contribution in [0, 0.1) is 23.2 Å². The second-order valence-corrected chi connectivity index (χ2v) is 10.1. The fourth-order valence-corrected chi connectivity index (χ4v) is 6.40. The number of benzene rings is 1. The number of nitrogens with one attached hydrogen (secondary N) is 3. The molecule has 4 rings (SSSR count). The van der Waals surface area contributed by atoms with Crippen molar-refractivity contribution in [1.29, 1.82) is 5.41 Å². The molecule has 5 N–H and O–H groups in total. The average molecular weight is 426 g/mol. The van der Waals surface area contributed by atoms with Crippen molar-refractivity contribution in [2.45, 2.75) is 63.8 Å². The number of guanidine groups is 1. The van der Waals surface area contributed by atoms with Crippen molar-refractivity contribution in [2.24, 2.45) is 23.5 Å². The van der Waals surface area contributed by atoms with Crippen LogP contribution in [-0.4, -0.2) is 42.9 Å². The predicted octanol–water partition coefficient (Wildman–Crippen LogP) is 3.14. The van der Waals surface area contributed by atoms with Crippen LogP contribution in [0.25, 0.3) is 0 Å². The van der Waals surface area contributed by atoms with Crippen LogP contribution in [0.4, 0.5) is 0 Å². The van der Waals surface area contributed by atoms with Gasteiger partial charge < -0.3 is 21.3 Å². The van der Waals surface area contributed by atoms with Gasteiger partial charge in [-0.15, -0.1) is 0 Å². The maximum absolute atomic E-state index is 14.2. The number of nitrogens with zero attached hydrogens (tertiary/aromatic N) is 1. The van der Waals surface area contributed by atoms with E-state index in [0.717, 1.165) is 37.8 Å². The van der Waals surface area contributed by atoms with E-state index in [1.807, 2.05) is 0 Å². The Bertz CT molecular complexity index is 793. The standard InChI is InChI=1S/C25H39N5O/c1-17(2)18-7-9-19(10-8-18)22-20-5-3-4-6-21(20)25(11-13-28-14-12-25)23(31)30(22)16-15-29-24(26)27/h3-6,17-19,22,28H,7-16H2,1-2H3,(H4,26,27,29)/t18-,19+,22?. The van der Waals surface area contributed by atoms with Crippen LogP contribution in [0.15, 0.2) is 24.3 Å². The molecule has 1 amide bonds. The molecule has 2 aliphatic heterocycles. The number of hydrogen-bond acceptors (Lipinski definition) is 3. The van der Waals surface area contributed by atoms with Crippen molar-refractivity contribution in [3.8, 4) is 0 Å². The van der Waals surface area contributed by atoms with Gasteiger partial charge in [0.05, 0.1) is 11.5 Å². The molecule has 0 bridgehead atoms. The quantitative estimate of drug-likeness (QED) is 0.431. The maximum atomic E-state index is 14.2. The minimum absolute atomic E-state index is 0.0320. The summed E-state index contributed by atoms with van der Waals surface area (Å²) in [5.74, 6) is 2.28. The molecule has 1 aliphatic carbocycles. The molecule has 2 fully saturated rings. The number of nitrogens with two attached hydrogens (primary N) is 1. The van der Waals surface area contributed by atoms with E-state index in [4.69, 9.17) is 11.1 Å². The molecule has 0 aromatic heterocycles. The molecule has 3 aliphatic rings. The Hall–Kier alpha value is -2.08. The molecule has 1 saturated carbocycles. The molecule has 1 aromatic rings. The van der Waals surface area contributed by atoms with E-state index in [1.165, 1.54) is 36.8 Å². The minimum atomic E-state index is -0.413. The van der Waals surface area contributed by atoms with Crippen LogP contribution in [0.5, 0.6) is 0 Å². The predicted molar refractivity (Wildman–Crippen MR) is 125 cm³/mol. The monoisotopic (exact) mass is 425 g/mol. The molecular formula is C25H39N5O. The minimum Gasteiger partial charge on any atom is -0.370 e. The lowest BCUT2D eigenvalue weighted by Crippen LogP contribution is -2.59. The zero-order valence-electron chi connectivity index (χ0n) is 19.1. The van der Waals surface area contributed by atoms with Crippen molar-refractivity contribution in [2.75, 3.05) is 26.2 Å². The number of piperidine rings is 1. The molecule has 1 unspecified atom stereocenters. The third-order valence-corrected chi connectivity index (χ3v) is 8.13. The Morgan fingerprint density at radius 3 is 2.55 bits per heavy atom. The summed E-state index contributed by atoms with van der Waals surface area (Å²) in [5, 5.41) is 13.9. The summed E-state index contributed by atoms with van der Waals surface area (Å²) in [7, 11) is 0. The van der Waals surface area contributed by atoms with Crippen LogP contribution in [0.1, 0.15) is 69.5 Å². The summed E-state index contributed by atoms with van der Waals surface area (Å²) < 4.78 is 0. The summed E-state index contributed by atoms with van der Waals surface area (Å²) in [4.78, 5) is 16.3. The topological polar surface area (TPSA) is 94.2 Å². The van der Waals surface area contributed by atoms with Crippen LogP contribution >= 0.6 is 0 Å². The second kappa shape index (κ2) is 9.19. The Morgan fingerprint density at radius 2 is 1.90 bits per heavy atom.